The summed E-state index contributed by atoms with van der Waals surface area (Å²) in [7, 11) is 0. The van der Waals surface area contributed by atoms with Gasteiger partial charge < -0.3 is 10.2 Å². The number of aliphatic hydroxyl groups is 1. The van der Waals surface area contributed by atoms with Crippen LogP contribution in [-0.2, 0) is 4.79 Å². The molecule has 0 radical (unpaired) electrons. The number of aliphatic hydroxyl groups excluding tert-OH is 1. The van der Waals surface area contributed by atoms with Gasteiger partial charge in [0.05, 0.1) is 0 Å². The largest absolute Gasteiger partial charge is 0.508 e. The smallest absolute Gasteiger partial charge is 0.303 e. The lowest BCUT2D eigenvalue weighted by Gasteiger charge is -2.49. The van der Waals surface area contributed by atoms with Gasteiger partial charge in [-0.3, -0.25) is 4.79 Å². The van der Waals surface area contributed by atoms with Crippen molar-refractivity contribution in [2.24, 2.45) is 11.3 Å². The molecule has 0 aliphatic heterocycles. The van der Waals surface area contributed by atoms with Crippen LogP contribution in [-0.4, -0.2) is 16.2 Å². The number of aliphatic carboxylic acids is 1. The molecule has 0 aromatic rings. The Morgan fingerprint density at radius 1 is 0.897 bits per heavy atom. The van der Waals surface area contributed by atoms with Gasteiger partial charge in [0.1, 0.15) is 5.76 Å². The van der Waals surface area contributed by atoms with Gasteiger partial charge in [0, 0.05) is 6.42 Å². The van der Waals surface area contributed by atoms with Crippen LogP contribution in [0.2, 0.25) is 0 Å². The number of hydrogen-bond acceptors (Lipinski definition) is 2. The van der Waals surface area contributed by atoms with Crippen molar-refractivity contribution in [1.82, 2.24) is 0 Å². The summed E-state index contributed by atoms with van der Waals surface area (Å²) in [6, 6.07) is 0. The minimum absolute atomic E-state index is 0.0991. The predicted molar refractivity (Wildman–Crippen MR) is 123 cm³/mol. The molecule has 0 aromatic carbocycles. The first-order valence-electron chi connectivity index (χ1n) is 12.2. The van der Waals surface area contributed by atoms with Crippen molar-refractivity contribution in [3.05, 3.63) is 22.5 Å². The third-order valence-corrected chi connectivity index (χ3v) is 6.99. The lowest BCUT2D eigenvalue weighted by molar-refractivity contribution is -0.137. The molecule has 0 saturated heterocycles. The van der Waals surface area contributed by atoms with E-state index >= 15 is 0 Å². The maximum atomic E-state index is 11.6. The summed E-state index contributed by atoms with van der Waals surface area (Å²) in [5.41, 5.74) is 3.55. The molecule has 29 heavy (non-hydrogen) atoms. The van der Waals surface area contributed by atoms with Crippen molar-refractivity contribution < 1.29 is 15.0 Å². The molecular formula is C26H46O3. The molecule has 0 amide bonds. The highest BCUT2D eigenvalue weighted by Crippen LogP contribution is 2.57. The Morgan fingerprint density at radius 2 is 1.48 bits per heavy atom. The van der Waals surface area contributed by atoms with Crippen LogP contribution in [0.4, 0.5) is 0 Å². The van der Waals surface area contributed by atoms with Gasteiger partial charge in [-0.15, -0.1) is 0 Å². The van der Waals surface area contributed by atoms with Crippen LogP contribution >= 0.6 is 0 Å². The van der Waals surface area contributed by atoms with E-state index < -0.39 is 5.97 Å². The topological polar surface area (TPSA) is 57.5 Å². The summed E-state index contributed by atoms with van der Waals surface area (Å²) in [5, 5.41) is 20.8. The van der Waals surface area contributed by atoms with Gasteiger partial charge in [0.25, 0.3) is 0 Å². The van der Waals surface area contributed by atoms with Gasteiger partial charge in [-0.1, -0.05) is 71.8 Å². The zero-order chi connectivity index (χ0) is 21.9. The van der Waals surface area contributed by atoms with E-state index in [4.69, 9.17) is 0 Å². The molecule has 0 fully saturated rings. The Kier molecular flexibility index (Phi) is 11.7. The molecule has 3 heteroatoms. The average Bonchev–Trinajstić information content (AvgIpc) is 2.70. The second-order valence-corrected chi connectivity index (χ2v) is 9.03. The summed E-state index contributed by atoms with van der Waals surface area (Å²) in [6.45, 7) is 10.9. The summed E-state index contributed by atoms with van der Waals surface area (Å²) >= 11 is 0. The fourth-order valence-corrected chi connectivity index (χ4v) is 5.37. The van der Waals surface area contributed by atoms with Gasteiger partial charge in [-0.2, -0.15) is 0 Å². The third kappa shape index (κ3) is 6.62. The monoisotopic (exact) mass is 406 g/mol. The fraction of sp³-hybridized carbons (Fsp3) is 0.808. The molecular weight excluding hydrogens is 360 g/mol. The second kappa shape index (κ2) is 13.1. The van der Waals surface area contributed by atoms with E-state index in [1.807, 2.05) is 0 Å². The molecule has 2 N–H and O–H groups in total. The van der Waals surface area contributed by atoms with Crippen molar-refractivity contribution in [3.63, 3.8) is 0 Å². The maximum Gasteiger partial charge on any atom is 0.303 e. The number of carbonyl (C=O) groups is 1. The zero-order valence-electron chi connectivity index (χ0n) is 19.8. The van der Waals surface area contributed by atoms with Gasteiger partial charge >= 0.3 is 5.97 Å². The molecule has 0 heterocycles. The Hall–Kier alpha value is -1.25. The third-order valence-electron chi connectivity index (χ3n) is 6.99. The Balaban J connectivity index is 3.60. The minimum atomic E-state index is -0.698. The van der Waals surface area contributed by atoms with Crippen molar-refractivity contribution >= 4 is 5.97 Å². The molecule has 2 unspecified atom stereocenters. The maximum absolute atomic E-state index is 11.6. The van der Waals surface area contributed by atoms with E-state index in [1.54, 1.807) is 0 Å². The lowest BCUT2D eigenvalue weighted by atomic mass is 9.55. The summed E-state index contributed by atoms with van der Waals surface area (Å²) < 4.78 is 0. The van der Waals surface area contributed by atoms with E-state index in [2.05, 4.69) is 34.6 Å². The van der Waals surface area contributed by atoms with Crippen LogP contribution in [0.5, 0.6) is 0 Å². The summed E-state index contributed by atoms with van der Waals surface area (Å²) in [5.74, 6) is 0.125. The van der Waals surface area contributed by atoms with Gasteiger partial charge in [0.2, 0.25) is 0 Å². The van der Waals surface area contributed by atoms with Crippen LogP contribution in [0.3, 0.4) is 0 Å². The highest BCUT2D eigenvalue weighted by Gasteiger charge is 2.46. The molecule has 1 aliphatic rings. The zero-order valence-corrected chi connectivity index (χ0v) is 19.8. The molecule has 2 atom stereocenters. The predicted octanol–water partition coefficient (Wildman–Crippen LogP) is 8.36. The van der Waals surface area contributed by atoms with Crippen LogP contribution in [0.15, 0.2) is 22.5 Å². The molecule has 0 bridgehead atoms. The Bertz CT molecular complexity index is 573. The van der Waals surface area contributed by atoms with E-state index in [0.29, 0.717) is 12.2 Å². The molecule has 3 nitrogen and oxygen atoms in total. The molecule has 1 aliphatic carbocycles. The number of carboxylic acids is 1. The highest BCUT2D eigenvalue weighted by molar-refractivity contribution is 5.67. The average molecular weight is 407 g/mol. The normalized spacial score (nSPS) is 22.4. The van der Waals surface area contributed by atoms with Gasteiger partial charge in [0.15, 0.2) is 0 Å². The van der Waals surface area contributed by atoms with E-state index in [0.717, 1.165) is 82.6 Å². The van der Waals surface area contributed by atoms with Crippen LogP contribution in [0.25, 0.3) is 0 Å². The first kappa shape index (κ1) is 25.8. The number of rotatable bonds is 15. The Morgan fingerprint density at radius 3 is 2.03 bits per heavy atom. The van der Waals surface area contributed by atoms with Crippen molar-refractivity contribution in [3.8, 4) is 0 Å². The van der Waals surface area contributed by atoms with Gasteiger partial charge in [-0.05, 0) is 74.3 Å². The number of carboxylic acid groups (broad SMARTS) is 1. The van der Waals surface area contributed by atoms with Crippen molar-refractivity contribution in [1.29, 1.82) is 0 Å². The van der Waals surface area contributed by atoms with E-state index in [-0.39, 0.29) is 17.8 Å². The summed E-state index contributed by atoms with van der Waals surface area (Å²) in [4.78, 5) is 11.6. The van der Waals surface area contributed by atoms with Crippen molar-refractivity contribution in [2.45, 2.75) is 125 Å². The van der Waals surface area contributed by atoms with Crippen LogP contribution < -0.4 is 0 Å². The lowest BCUT2D eigenvalue weighted by Crippen LogP contribution is -2.39. The Labute approximate surface area is 179 Å². The molecule has 0 aromatic heterocycles. The number of hydrogen-bond donors (Lipinski definition) is 2. The molecule has 0 spiro atoms. The quantitative estimate of drug-likeness (QED) is 0.287. The van der Waals surface area contributed by atoms with Crippen molar-refractivity contribution in [2.75, 3.05) is 0 Å². The minimum Gasteiger partial charge on any atom is -0.508 e. The summed E-state index contributed by atoms with van der Waals surface area (Å²) in [6.07, 6.45) is 13.9. The van der Waals surface area contributed by atoms with E-state index in [1.165, 1.54) is 11.1 Å². The molecule has 1 rings (SSSR count). The first-order valence-corrected chi connectivity index (χ1v) is 12.2. The first-order chi connectivity index (χ1) is 13.9. The highest BCUT2D eigenvalue weighted by atomic mass is 16.4. The van der Waals surface area contributed by atoms with Crippen LogP contribution in [0, 0.1) is 11.3 Å². The second-order valence-electron chi connectivity index (χ2n) is 9.03. The fourth-order valence-electron chi connectivity index (χ4n) is 5.37. The SMILES string of the molecule is CCCCC1=C(O)C(C)=C(CCCC)C(CCCC)(CCC(=O)O)C1CCCC. The van der Waals surface area contributed by atoms with E-state index in [9.17, 15) is 15.0 Å². The number of allylic oxidation sites excluding steroid dienone is 3. The molecule has 0 saturated carbocycles. The standard InChI is InChI=1S/C26H46O3/c1-6-10-14-21-23(16-12-8-3)26(18-13-9-4,19-17-24(27)28)22(15-11-7-2)20(5)25(21)29/h23,29H,6-19H2,1-5H3,(H,27,28). The van der Waals surface area contributed by atoms with Crippen LogP contribution in [0.1, 0.15) is 125 Å². The number of unbranched alkanes of at least 4 members (excludes halogenated alkanes) is 4. The van der Waals surface area contributed by atoms with Gasteiger partial charge in [-0.25, -0.2) is 0 Å². The molecule has 168 valence electrons.